The van der Waals surface area contributed by atoms with Gasteiger partial charge in [-0.15, -0.1) is 0 Å². The van der Waals surface area contributed by atoms with Crippen LogP contribution in [-0.4, -0.2) is 68.2 Å². The van der Waals surface area contributed by atoms with Crippen LogP contribution in [0.5, 0.6) is 0 Å². The molecule has 2 amide bonds. The van der Waals surface area contributed by atoms with Gasteiger partial charge in [0.2, 0.25) is 15.9 Å². The molecule has 166 valence electrons. The zero-order valence-corrected chi connectivity index (χ0v) is 18.4. The highest BCUT2D eigenvalue weighted by Crippen LogP contribution is 2.20. The summed E-state index contributed by atoms with van der Waals surface area (Å²) in [5, 5.41) is 2.55. The summed E-state index contributed by atoms with van der Waals surface area (Å²) in [6.07, 6.45) is 3.80. The minimum absolute atomic E-state index is 0.0258. The summed E-state index contributed by atoms with van der Waals surface area (Å²) < 4.78 is 31.1. The van der Waals surface area contributed by atoms with Crippen molar-refractivity contribution in [1.29, 1.82) is 0 Å². The van der Waals surface area contributed by atoms with Crippen molar-refractivity contribution in [2.24, 2.45) is 0 Å². The standard InChI is InChI=1S/C20H29N3O6S/c1-4-17-7-5-6-12-23(17)19(25)14-29-20(26)13-22(3)30(27,28)18-10-8-16(9-11-18)21-15(2)24/h8-11,17H,4-7,12-14H2,1-3H3,(H,21,24)/t17-/m1/s1. The summed E-state index contributed by atoms with van der Waals surface area (Å²) in [7, 11) is -2.66. The molecule has 1 aliphatic rings. The van der Waals surface area contributed by atoms with Crippen molar-refractivity contribution in [2.45, 2.75) is 50.5 Å². The highest BCUT2D eigenvalue weighted by atomic mass is 32.2. The van der Waals surface area contributed by atoms with Crippen LogP contribution in [0, 0.1) is 0 Å². The molecule has 1 N–H and O–H groups in total. The average Bonchev–Trinajstić information content (AvgIpc) is 2.71. The highest BCUT2D eigenvalue weighted by Gasteiger charge is 2.27. The number of likely N-dealkylation sites (N-methyl/N-ethyl adjacent to an activating group) is 1. The molecule has 0 aliphatic carbocycles. The van der Waals surface area contributed by atoms with E-state index in [1.165, 1.54) is 38.2 Å². The number of rotatable bonds is 8. The molecule has 1 aliphatic heterocycles. The summed E-state index contributed by atoms with van der Waals surface area (Å²) in [5.74, 6) is -1.32. The Morgan fingerprint density at radius 3 is 2.47 bits per heavy atom. The number of hydrogen-bond donors (Lipinski definition) is 1. The molecule has 0 saturated carbocycles. The van der Waals surface area contributed by atoms with E-state index >= 15 is 0 Å². The van der Waals surface area contributed by atoms with Crippen LogP contribution in [0.1, 0.15) is 39.5 Å². The van der Waals surface area contributed by atoms with E-state index in [0.717, 1.165) is 30.0 Å². The first-order chi connectivity index (χ1) is 14.1. The van der Waals surface area contributed by atoms with Gasteiger partial charge in [-0.2, -0.15) is 4.31 Å². The molecule has 1 heterocycles. The molecule has 2 rings (SSSR count). The number of nitrogens with one attached hydrogen (secondary N) is 1. The van der Waals surface area contributed by atoms with Crippen LogP contribution in [0.15, 0.2) is 29.2 Å². The Balaban J connectivity index is 1.90. The van der Waals surface area contributed by atoms with Gasteiger partial charge in [0.1, 0.15) is 6.54 Å². The molecule has 0 bridgehead atoms. The third kappa shape index (κ3) is 6.27. The summed E-state index contributed by atoms with van der Waals surface area (Å²) in [6.45, 7) is 3.11. The molecule has 9 nitrogen and oxygen atoms in total. The first kappa shape index (κ1) is 23.8. The van der Waals surface area contributed by atoms with Gasteiger partial charge < -0.3 is 15.0 Å². The fourth-order valence-electron chi connectivity index (χ4n) is 3.38. The number of piperidine rings is 1. The summed E-state index contributed by atoms with van der Waals surface area (Å²) >= 11 is 0. The van der Waals surface area contributed by atoms with E-state index in [-0.39, 0.29) is 22.8 Å². The van der Waals surface area contributed by atoms with Crippen LogP contribution in [0.25, 0.3) is 0 Å². The van der Waals surface area contributed by atoms with Gasteiger partial charge in [0.05, 0.1) is 4.90 Å². The highest BCUT2D eigenvalue weighted by molar-refractivity contribution is 7.89. The van der Waals surface area contributed by atoms with Crippen molar-refractivity contribution in [3.05, 3.63) is 24.3 Å². The number of amides is 2. The first-order valence-corrected chi connectivity index (χ1v) is 11.4. The summed E-state index contributed by atoms with van der Waals surface area (Å²) in [4.78, 5) is 37.2. The summed E-state index contributed by atoms with van der Waals surface area (Å²) in [6, 6.07) is 5.76. The zero-order valence-electron chi connectivity index (χ0n) is 17.6. The Kier molecular flexibility index (Phi) is 8.36. The molecule has 10 heteroatoms. The molecule has 0 radical (unpaired) electrons. The predicted molar refractivity (Wildman–Crippen MR) is 111 cm³/mol. The lowest BCUT2D eigenvalue weighted by Crippen LogP contribution is -2.45. The smallest absolute Gasteiger partial charge is 0.321 e. The number of carbonyl (C=O) groups excluding carboxylic acids is 3. The molecule has 1 saturated heterocycles. The maximum Gasteiger partial charge on any atom is 0.321 e. The molecule has 1 fully saturated rings. The van der Waals surface area contributed by atoms with E-state index in [1.54, 1.807) is 4.90 Å². The minimum Gasteiger partial charge on any atom is -0.455 e. The fraction of sp³-hybridized carbons (Fsp3) is 0.550. The Morgan fingerprint density at radius 1 is 1.20 bits per heavy atom. The zero-order chi connectivity index (χ0) is 22.3. The number of likely N-dealkylation sites (tertiary alicyclic amines) is 1. The van der Waals surface area contributed by atoms with E-state index < -0.39 is 29.1 Å². The average molecular weight is 440 g/mol. The molecule has 1 aromatic rings. The van der Waals surface area contributed by atoms with Gasteiger partial charge in [0.15, 0.2) is 6.61 Å². The monoisotopic (exact) mass is 439 g/mol. The number of hydrogen-bond acceptors (Lipinski definition) is 6. The molecular weight excluding hydrogens is 410 g/mol. The van der Waals surface area contributed by atoms with Gasteiger partial charge >= 0.3 is 5.97 Å². The molecule has 1 aromatic carbocycles. The van der Waals surface area contributed by atoms with E-state index in [2.05, 4.69) is 5.32 Å². The Hall–Kier alpha value is -2.46. The topological polar surface area (TPSA) is 113 Å². The number of esters is 1. The van der Waals surface area contributed by atoms with E-state index in [9.17, 15) is 22.8 Å². The van der Waals surface area contributed by atoms with Crippen molar-refractivity contribution in [3.8, 4) is 0 Å². The van der Waals surface area contributed by atoms with Gasteiger partial charge in [-0.25, -0.2) is 8.42 Å². The Morgan fingerprint density at radius 2 is 1.87 bits per heavy atom. The lowest BCUT2D eigenvalue weighted by atomic mass is 10.00. The molecule has 0 unspecified atom stereocenters. The minimum atomic E-state index is -3.93. The molecule has 30 heavy (non-hydrogen) atoms. The molecule has 1 atom stereocenters. The van der Waals surface area contributed by atoms with Crippen LogP contribution >= 0.6 is 0 Å². The van der Waals surface area contributed by atoms with Crippen LogP contribution in [0.3, 0.4) is 0 Å². The van der Waals surface area contributed by atoms with Crippen LogP contribution < -0.4 is 5.32 Å². The van der Waals surface area contributed by atoms with Crippen molar-refractivity contribution in [3.63, 3.8) is 0 Å². The second-order valence-electron chi connectivity index (χ2n) is 7.27. The number of benzene rings is 1. The SMILES string of the molecule is CC[C@@H]1CCCCN1C(=O)COC(=O)CN(C)S(=O)(=O)c1ccc(NC(C)=O)cc1. The van der Waals surface area contributed by atoms with Crippen LogP contribution in [0.2, 0.25) is 0 Å². The van der Waals surface area contributed by atoms with Crippen molar-refractivity contribution >= 4 is 33.5 Å². The number of sulfonamides is 1. The van der Waals surface area contributed by atoms with Gasteiger partial charge in [0, 0.05) is 32.2 Å². The van der Waals surface area contributed by atoms with E-state index in [1.807, 2.05) is 6.92 Å². The number of anilines is 1. The Labute approximate surface area is 177 Å². The number of nitrogens with zero attached hydrogens (tertiary/aromatic N) is 2. The second kappa shape index (κ2) is 10.5. The van der Waals surface area contributed by atoms with Gasteiger partial charge in [-0.1, -0.05) is 6.92 Å². The summed E-state index contributed by atoms with van der Waals surface area (Å²) in [5.41, 5.74) is 0.463. The maximum atomic E-state index is 12.6. The number of carbonyl (C=O) groups is 3. The van der Waals surface area contributed by atoms with Gasteiger partial charge in [-0.3, -0.25) is 14.4 Å². The molecular formula is C20H29N3O6S. The van der Waals surface area contributed by atoms with Crippen LogP contribution in [0.4, 0.5) is 5.69 Å². The third-order valence-corrected chi connectivity index (χ3v) is 6.83. The van der Waals surface area contributed by atoms with Gasteiger partial charge in [-0.05, 0) is 49.9 Å². The molecule has 0 spiro atoms. The quantitative estimate of drug-likeness (QED) is 0.616. The lowest BCUT2D eigenvalue weighted by molar-refractivity contribution is -0.153. The van der Waals surface area contributed by atoms with Crippen molar-refractivity contribution in [2.75, 3.05) is 32.1 Å². The predicted octanol–water partition coefficient (Wildman–Crippen LogP) is 1.60. The lowest BCUT2D eigenvalue weighted by Gasteiger charge is -2.35. The Bertz CT molecular complexity index is 869. The first-order valence-electron chi connectivity index (χ1n) is 9.94. The fourth-order valence-corrected chi connectivity index (χ4v) is 4.50. The van der Waals surface area contributed by atoms with Crippen molar-refractivity contribution < 1.29 is 27.5 Å². The van der Waals surface area contributed by atoms with E-state index in [4.69, 9.17) is 4.74 Å². The maximum absolute atomic E-state index is 12.6. The van der Waals surface area contributed by atoms with Crippen LogP contribution in [-0.2, 0) is 29.1 Å². The number of ether oxygens (including phenoxy) is 1. The normalized spacial score (nSPS) is 16.9. The molecule has 0 aromatic heterocycles. The largest absolute Gasteiger partial charge is 0.455 e. The third-order valence-electron chi connectivity index (χ3n) is 5.01. The second-order valence-corrected chi connectivity index (χ2v) is 9.32. The van der Waals surface area contributed by atoms with E-state index in [0.29, 0.717) is 12.2 Å². The van der Waals surface area contributed by atoms with Crippen molar-refractivity contribution in [1.82, 2.24) is 9.21 Å². The van der Waals surface area contributed by atoms with Gasteiger partial charge in [0.25, 0.3) is 5.91 Å².